The van der Waals surface area contributed by atoms with Gasteiger partial charge in [-0.25, -0.2) is 0 Å². The Morgan fingerprint density at radius 2 is 2.57 bits per heavy atom. The van der Waals surface area contributed by atoms with Gasteiger partial charge in [0.05, 0.1) is 12.2 Å². The summed E-state index contributed by atoms with van der Waals surface area (Å²) in [4.78, 5) is 1.27. The standard InChI is InChI=1S/C8H11N5S/c9-11-7(8-5-10-13-12-8)4-6-2-1-3-14-6/h1-3,5,7,11H,4,9H2,(H,10,12,13). The van der Waals surface area contributed by atoms with Gasteiger partial charge in [-0.15, -0.1) is 11.3 Å². The lowest BCUT2D eigenvalue weighted by Gasteiger charge is -2.10. The molecule has 0 bridgehead atoms. The lowest BCUT2D eigenvalue weighted by molar-refractivity contribution is 0.540. The number of hydrogen-bond donors (Lipinski definition) is 3. The summed E-state index contributed by atoms with van der Waals surface area (Å²) in [5.41, 5.74) is 3.56. The number of nitrogens with zero attached hydrogens (tertiary/aromatic N) is 2. The van der Waals surface area contributed by atoms with Gasteiger partial charge in [0.25, 0.3) is 0 Å². The van der Waals surface area contributed by atoms with Crippen LogP contribution in [-0.4, -0.2) is 15.4 Å². The van der Waals surface area contributed by atoms with Crippen molar-refractivity contribution in [1.82, 2.24) is 20.8 Å². The SMILES string of the molecule is NNC(Cc1cccs1)c1cn[nH]n1. The summed E-state index contributed by atoms with van der Waals surface area (Å²) in [6.45, 7) is 0. The van der Waals surface area contributed by atoms with Crippen LogP contribution in [-0.2, 0) is 6.42 Å². The Morgan fingerprint density at radius 1 is 1.64 bits per heavy atom. The Bertz CT molecular complexity index is 355. The monoisotopic (exact) mass is 209 g/mol. The molecule has 14 heavy (non-hydrogen) atoms. The first-order valence-electron chi connectivity index (χ1n) is 4.24. The zero-order chi connectivity index (χ0) is 9.80. The molecule has 0 aliphatic carbocycles. The molecule has 0 amide bonds. The van der Waals surface area contributed by atoms with Gasteiger partial charge in [0.15, 0.2) is 0 Å². The summed E-state index contributed by atoms with van der Waals surface area (Å²) < 4.78 is 0. The Kier molecular flexibility index (Phi) is 2.87. The molecule has 2 aromatic heterocycles. The van der Waals surface area contributed by atoms with E-state index in [4.69, 9.17) is 5.84 Å². The van der Waals surface area contributed by atoms with E-state index in [2.05, 4.69) is 26.9 Å². The van der Waals surface area contributed by atoms with Gasteiger partial charge >= 0.3 is 0 Å². The maximum atomic E-state index is 5.45. The predicted octanol–water partition coefficient (Wildman–Crippen LogP) is 0.613. The topological polar surface area (TPSA) is 79.6 Å². The second-order valence-corrected chi connectivity index (χ2v) is 3.93. The molecule has 0 fully saturated rings. The van der Waals surface area contributed by atoms with Crippen LogP contribution in [0.25, 0.3) is 0 Å². The minimum atomic E-state index is 0.0207. The number of hydrazine groups is 1. The van der Waals surface area contributed by atoms with Crippen molar-refractivity contribution >= 4 is 11.3 Å². The lowest BCUT2D eigenvalue weighted by atomic mass is 10.1. The third kappa shape index (κ3) is 1.98. The average Bonchev–Trinajstić information content (AvgIpc) is 2.86. The summed E-state index contributed by atoms with van der Waals surface area (Å²) in [6.07, 6.45) is 2.51. The molecule has 0 saturated carbocycles. The molecule has 1 atom stereocenters. The summed E-state index contributed by atoms with van der Waals surface area (Å²) in [6, 6.07) is 4.12. The third-order valence-electron chi connectivity index (χ3n) is 1.98. The number of aromatic nitrogens is 3. The van der Waals surface area contributed by atoms with E-state index in [9.17, 15) is 0 Å². The van der Waals surface area contributed by atoms with Crippen LogP contribution in [0.4, 0.5) is 0 Å². The highest BCUT2D eigenvalue weighted by Crippen LogP contribution is 2.18. The van der Waals surface area contributed by atoms with E-state index in [1.807, 2.05) is 11.4 Å². The molecular weight excluding hydrogens is 198 g/mol. The molecule has 1 unspecified atom stereocenters. The van der Waals surface area contributed by atoms with Gasteiger partial charge in [0, 0.05) is 11.3 Å². The minimum absolute atomic E-state index is 0.0207. The Hall–Kier alpha value is -1.24. The second-order valence-electron chi connectivity index (χ2n) is 2.90. The van der Waals surface area contributed by atoms with Crippen molar-refractivity contribution in [3.05, 3.63) is 34.3 Å². The van der Waals surface area contributed by atoms with E-state index in [1.165, 1.54) is 4.88 Å². The quantitative estimate of drug-likeness (QED) is 0.509. The largest absolute Gasteiger partial charge is 0.271 e. The fraction of sp³-hybridized carbons (Fsp3) is 0.250. The molecule has 0 aliphatic rings. The van der Waals surface area contributed by atoms with Crippen molar-refractivity contribution in [2.24, 2.45) is 5.84 Å². The van der Waals surface area contributed by atoms with E-state index >= 15 is 0 Å². The first-order valence-corrected chi connectivity index (χ1v) is 5.12. The van der Waals surface area contributed by atoms with Crippen molar-refractivity contribution < 1.29 is 0 Å². The lowest BCUT2D eigenvalue weighted by Crippen LogP contribution is -2.29. The number of nitrogens with one attached hydrogen (secondary N) is 2. The number of H-pyrrole nitrogens is 1. The van der Waals surface area contributed by atoms with Crippen LogP contribution in [0.3, 0.4) is 0 Å². The molecule has 0 spiro atoms. The predicted molar refractivity (Wildman–Crippen MR) is 54.5 cm³/mol. The summed E-state index contributed by atoms with van der Waals surface area (Å²) in [5.74, 6) is 5.45. The summed E-state index contributed by atoms with van der Waals surface area (Å²) in [5, 5.41) is 12.4. The van der Waals surface area contributed by atoms with Crippen LogP contribution in [0.1, 0.15) is 16.6 Å². The van der Waals surface area contributed by atoms with E-state index in [-0.39, 0.29) is 6.04 Å². The average molecular weight is 209 g/mol. The van der Waals surface area contributed by atoms with Crippen molar-refractivity contribution in [3.63, 3.8) is 0 Å². The number of rotatable bonds is 4. The first kappa shape index (κ1) is 9.32. The Morgan fingerprint density at radius 3 is 3.14 bits per heavy atom. The van der Waals surface area contributed by atoms with Crippen molar-refractivity contribution in [3.8, 4) is 0 Å². The van der Waals surface area contributed by atoms with E-state index in [0.29, 0.717) is 0 Å². The van der Waals surface area contributed by atoms with Gasteiger partial charge in [-0.2, -0.15) is 15.4 Å². The van der Waals surface area contributed by atoms with Gasteiger partial charge in [0.2, 0.25) is 0 Å². The molecule has 74 valence electrons. The molecule has 2 aromatic rings. The summed E-state index contributed by atoms with van der Waals surface area (Å²) >= 11 is 1.71. The second kappa shape index (κ2) is 4.32. The van der Waals surface area contributed by atoms with Crippen LogP contribution in [0.15, 0.2) is 23.7 Å². The Labute approximate surface area is 85.3 Å². The van der Waals surface area contributed by atoms with Crippen molar-refractivity contribution in [2.45, 2.75) is 12.5 Å². The van der Waals surface area contributed by atoms with E-state index in [1.54, 1.807) is 17.5 Å². The number of aromatic amines is 1. The first-order chi connectivity index (χ1) is 6.90. The smallest absolute Gasteiger partial charge is 0.101 e. The molecular formula is C8H11N5S. The Balaban J connectivity index is 2.08. The molecule has 6 heteroatoms. The third-order valence-corrected chi connectivity index (χ3v) is 2.88. The van der Waals surface area contributed by atoms with Gasteiger partial charge in [-0.3, -0.25) is 11.3 Å². The summed E-state index contributed by atoms with van der Waals surface area (Å²) in [7, 11) is 0. The maximum absolute atomic E-state index is 5.45. The van der Waals surface area contributed by atoms with Crippen LogP contribution in [0.2, 0.25) is 0 Å². The molecule has 5 nitrogen and oxygen atoms in total. The highest BCUT2D eigenvalue weighted by Gasteiger charge is 2.13. The fourth-order valence-corrected chi connectivity index (χ4v) is 2.01. The minimum Gasteiger partial charge on any atom is -0.271 e. The molecule has 0 saturated heterocycles. The van der Waals surface area contributed by atoms with Crippen LogP contribution < -0.4 is 11.3 Å². The number of nitrogens with two attached hydrogens (primary N) is 1. The maximum Gasteiger partial charge on any atom is 0.101 e. The highest BCUT2D eigenvalue weighted by molar-refractivity contribution is 7.09. The van der Waals surface area contributed by atoms with Crippen LogP contribution in [0.5, 0.6) is 0 Å². The zero-order valence-electron chi connectivity index (χ0n) is 7.47. The van der Waals surface area contributed by atoms with Gasteiger partial charge in [0.1, 0.15) is 5.69 Å². The fourth-order valence-electron chi connectivity index (χ4n) is 1.26. The van der Waals surface area contributed by atoms with Gasteiger partial charge in [-0.05, 0) is 11.4 Å². The molecule has 2 rings (SSSR count). The number of hydrogen-bond acceptors (Lipinski definition) is 5. The van der Waals surface area contributed by atoms with Crippen molar-refractivity contribution in [1.29, 1.82) is 0 Å². The molecule has 4 N–H and O–H groups in total. The van der Waals surface area contributed by atoms with E-state index in [0.717, 1.165) is 12.1 Å². The highest BCUT2D eigenvalue weighted by atomic mass is 32.1. The normalized spacial score (nSPS) is 12.9. The molecule has 2 heterocycles. The molecule has 0 aromatic carbocycles. The van der Waals surface area contributed by atoms with Gasteiger partial charge in [-0.1, -0.05) is 6.07 Å². The van der Waals surface area contributed by atoms with Crippen LogP contribution >= 0.6 is 11.3 Å². The zero-order valence-corrected chi connectivity index (χ0v) is 8.29. The van der Waals surface area contributed by atoms with Crippen molar-refractivity contribution in [2.75, 3.05) is 0 Å². The molecule has 0 aliphatic heterocycles. The van der Waals surface area contributed by atoms with E-state index < -0.39 is 0 Å². The molecule has 0 radical (unpaired) electrons. The van der Waals surface area contributed by atoms with Gasteiger partial charge < -0.3 is 0 Å². The number of thiophene rings is 1. The van der Waals surface area contributed by atoms with Crippen LogP contribution in [0, 0.1) is 0 Å².